The van der Waals surface area contributed by atoms with Crippen LogP contribution < -0.4 is 0 Å². The van der Waals surface area contributed by atoms with Gasteiger partial charge in [-0.1, -0.05) is 12.2 Å². The van der Waals surface area contributed by atoms with E-state index in [2.05, 4.69) is 12.2 Å². The van der Waals surface area contributed by atoms with E-state index in [9.17, 15) is 0 Å². The van der Waals surface area contributed by atoms with Crippen molar-refractivity contribution in [3.05, 3.63) is 12.2 Å². The summed E-state index contributed by atoms with van der Waals surface area (Å²) in [6, 6.07) is 0. The van der Waals surface area contributed by atoms with Gasteiger partial charge in [-0.2, -0.15) is 0 Å². The normalized spacial score (nSPS) is 45.3. The van der Waals surface area contributed by atoms with E-state index in [1.807, 2.05) is 0 Å². The first-order chi connectivity index (χ1) is 7.43. The molecule has 15 heavy (non-hydrogen) atoms. The van der Waals surface area contributed by atoms with Gasteiger partial charge in [-0.3, -0.25) is 0 Å². The van der Waals surface area contributed by atoms with E-state index in [-0.39, 0.29) is 12.2 Å². The van der Waals surface area contributed by atoms with Crippen molar-refractivity contribution in [1.29, 1.82) is 0 Å². The minimum Gasteiger partial charge on any atom is -0.376 e. The van der Waals surface area contributed by atoms with Gasteiger partial charge in [0.05, 0.1) is 24.9 Å². The molecule has 2 fully saturated rings. The SMILES string of the molecule is C1=C[C@H]2O[C@H]3CCCO[C@@H]3CC[C@@H]2OC1. The Bertz CT molecular complexity index is 251. The van der Waals surface area contributed by atoms with Crippen molar-refractivity contribution in [3.8, 4) is 0 Å². The Labute approximate surface area is 90.4 Å². The van der Waals surface area contributed by atoms with Crippen molar-refractivity contribution in [2.45, 2.75) is 50.1 Å². The molecule has 0 N–H and O–H groups in total. The lowest BCUT2D eigenvalue weighted by Gasteiger charge is -2.32. The van der Waals surface area contributed by atoms with Crippen LogP contribution in [0.5, 0.6) is 0 Å². The average Bonchev–Trinajstić information content (AvgIpc) is 2.48. The lowest BCUT2D eigenvalue weighted by Crippen LogP contribution is -2.38. The minimum absolute atomic E-state index is 0.162. The summed E-state index contributed by atoms with van der Waals surface area (Å²) in [4.78, 5) is 0. The molecular formula is C12H18O3. The largest absolute Gasteiger partial charge is 0.376 e. The second-order valence-corrected chi connectivity index (χ2v) is 4.57. The Morgan fingerprint density at radius 2 is 1.87 bits per heavy atom. The van der Waals surface area contributed by atoms with Crippen molar-refractivity contribution < 1.29 is 14.2 Å². The van der Waals surface area contributed by atoms with Crippen LogP contribution >= 0.6 is 0 Å². The molecule has 0 aliphatic carbocycles. The fraction of sp³-hybridized carbons (Fsp3) is 0.833. The molecular weight excluding hydrogens is 192 g/mol. The Morgan fingerprint density at radius 3 is 2.87 bits per heavy atom. The maximum absolute atomic E-state index is 6.08. The van der Waals surface area contributed by atoms with Gasteiger partial charge < -0.3 is 14.2 Å². The van der Waals surface area contributed by atoms with Crippen molar-refractivity contribution >= 4 is 0 Å². The van der Waals surface area contributed by atoms with Gasteiger partial charge in [0.2, 0.25) is 0 Å². The smallest absolute Gasteiger partial charge is 0.102 e. The molecule has 0 aromatic rings. The van der Waals surface area contributed by atoms with Crippen LogP contribution in [0.4, 0.5) is 0 Å². The maximum Gasteiger partial charge on any atom is 0.102 e. The highest BCUT2D eigenvalue weighted by molar-refractivity contribution is 5.01. The summed E-state index contributed by atoms with van der Waals surface area (Å²) in [7, 11) is 0. The third kappa shape index (κ3) is 1.96. The molecule has 0 aromatic carbocycles. The van der Waals surface area contributed by atoms with E-state index in [1.165, 1.54) is 0 Å². The zero-order chi connectivity index (χ0) is 10.1. The summed E-state index contributed by atoms with van der Waals surface area (Å²) in [5.41, 5.74) is 0. The first kappa shape index (κ1) is 9.82. The number of hydrogen-bond donors (Lipinski definition) is 0. The summed E-state index contributed by atoms with van der Waals surface area (Å²) in [5, 5.41) is 0. The summed E-state index contributed by atoms with van der Waals surface area (Å²) >= 11 is 0. The molecule has 3 heterocycles. The lowest BCUT2D eigenvalue weighted by atomic mass is 10.0. The van der Waals surface area contributed by atoms with Crippen molar-refractivity contribution in [2.75, 3.05) is 13.2 Å². The van der Waals surface area contributed by atoms with E-state index >= 15 is 0 Å². The zero-order valence-corrected chi connectivity index (χ0v) is 8.93. The van der Waals surface area contributed by atoms with Gasteiger partial charge in [0.15, 0.2) is 0 Å². The summed E-state index contributed by atoms with van der Waals surface area (Å²) < 4.78 is 17.5. The first-order valence-electron chi connectivity index (χ1n) is 5.99. The van der Waals surface area contributed by atoms with Crippen LogP contribution in [0.3, 0.4) is 0 Å². The molecule has 0 spiro atoms. The number of fused-ring (bicyclic) bond motifs is 2. The molecule has 3 aliphatic rings. The average molecular weight is 210 g/mol. The number of ether oxygens (including phenoxy) is 3. The van der Waals surface area contributed by atoms with Gasteiger partial charge in [0.1, 0.15) is 6.10 Å². The van der Waals surface area contributed by atoms with Crippen molar-refractivity contribution in [3.63, 3.8) is 0 Å². The summed E-state index contributed by atoms with van der Waals surface area (Å²) in [5.74, 6) is 0. The zero-order valence-electron chi connectivity index (χ0n) is 8.93. The molecule has 0 saturated carbocycles. The Hall–Kier alpha value is -0.380. The molecule has 0 aromatic heterocycles. The van der Waals surface area contributed by atoms with E-state index in [0.29, 0.717) is 12.2 Å². The molecule has 3 rings (SSSR count). The first-order valence-corrected chi connectivity index (χ1v) is 5.99. The molecule has 3 nitrogen and oxygen atoms in total. The number of rotatable bonds is 0. The van der Waals surface area contributed by atoms with Crippen LogP contribution in [0.1, 0.15) is 25.7 Å². The quantitative estimate of drug-likeness (QED) is 0.569. The molecule has 84 valence electrons. The molecule has 3 aliphatic heterocycles. The third-order valence-corrected chi connectivity index (χ3v) is 3.55. The van der Waals surface area contributed by atoms with Crippen LogP contribution in [0, 0.1) is 0 Å². The van der Waals surface area contributed by atoms with Gasteiger partial charge in [-0.15, -0.1) is 0 Å². The Morgan fingerprint density at radius 1 is 0.933 bits per heavy atom. The Kier molecular flexibility index (Phi) is 2.77. The second kappa shape index (κ2) is 4.24. The standard InChI is InChI=1S/C12H18O3/c1-3-11-9(13-7-1)5-6-10-12(15-11)4-2-8-14-10/h1,3,9-12H,2,4-8H2/t9-,10+,11+,12-/m0/s1. The van der Waals surface area contributed by atoms with E-state index < -0.39 is 0 Å². The van der Waals surface area contributed by atoms with Crippen LogP contribution in [-0.2, 0) is 14.2 Å². The van der Waals surface area contributed by atoms with Gasteiger partial charge in [0.25, 0.3) is 0 Å². The van der Waals surface area contributed by atoms with Gasteiger partial charge in [-0.25, -0.2) is 0 Å². The topological polar surface area (TPSA) is 27.7 Å². The Balaban J connectivity index is 1.74. The molecule has 0 amide bonds. The number of hydrogen-bond acceptors (Lipinski definition) is 3. The highest BCUT2D eigenvalue weighted by Crippen LogP contribution is 2.30. The summed E-state index contributed by atoms with van der Waals surface area (Å²) in [6.07, 6.45) is 9.65. The monoisotopic (exact) mass is 210 g/mol. The maximum atomic E-state index is 6.08. The fourth-order valence-electron chi connectivity index (χ4n) is 2.74. The molecule has 3 heteroatoms. The van der Waals surface area contributed by atoms with E-state index in [1.54, 1.807) is 0 Å². The van der Waals surface area contributed by atoms with Crippen LogP contribution in [0.2, 0.25) is 0 Å². The van der Waals surface area contributed by atoms with Crippen molar-refractivity contribution in [2.24, 2.45) is 0 Å². The molecule has 2 saturated heterocycles. The van der Waals surface area contributed by atoms with Gasteiger partial charge in [0, 0.05) is 6.61 Å². The molecule has 4 atom stereocenters. The van der Waals surface area contributed by atoms with E-state index in [4.69, 9.17) is 14.2 Å². The van der Waals surface area contributed by atoms with Crippen molar-refractivity contribution in [1.82, 2.24) is 0 Å². The minimum atomic E-state index is 0.162. The molecule has 0 radical (unpaired) electrons. The predicted octanol–water partition coefficient (Wildman–Crippen LogP) is 1.67. The van der Waals surface area contributed by atoms with Crippen LogP contribution in [0.15, 0.2) is 12.2 Å². The van der Waals surface area contributed by atoms with E-state index in [0.717, 1.165) is 38.9 Å². The predicted molar refractivity (Wildman–Crippen MR) is 55.7 cm³/mol. The highest BCUT2D eigenvalue weighted by Gasteiger charge is 2.36. The second-order valence-electron chi connectivity index (χ2n) is 4.57. The highest BCUT2D eigenvalue weighted by atomic mass is 16.6. The lowest BCUT2D eigenvalue weighted by molar-refractivity contribution is -0.128. The molecule has 0 bridgehead atoms. The van der Waals surface area contributed by atoms with Gasteiger partial charge >= 0.3 is 0 Å². The third-order valence-electron chi connectivity index (χ3n) is 3.55. The van der Waals surface area contributed by atoms with Crippen LogP contribution in [0.25, 0.3) is 0 Å². The summed E-state index contributed by atoms with van der Waals surface area (Å²) in [6.45, 7) is 1.64. The molecule has 0 unspecified atom stereocenters. The van der Waals surface area contributed by atoms with Crippen LogP contribution in [-0.4, -0.2) is 37.6 Å². The van der Waals surface area contributed by atoms with Gasteiger partial charge in [-0.05, 0) is 25.7 Å². The fourth-order valence-corrected chi connectivity index (χ4v) is 2.74.